The van der Waals surface area contributed by atoms with E-state index in [1.165, 1.54) is 0 Å². The molecule has 5 heteroatoms. The predicted octanol–water partition coefficient (Wildman–Crippen LogP) is 2.68. The fourth-order valence-electron chi connectivity index (χ4n) is 3.39. The molecule has 0 aromatic heterocycles. The molecular weight excluding hydrogens is 229 g/mol. The Morgan fingerprint density at radius 3 is 2.29 bits per heavy atom. The topological polar surface area (TPSA) is 38.0 Å². The molecule has 2 atom stereocenters. The summed E-state index contributed by atoms with van der Waals surface area (Å²) in [6.07, 6.45) is -1.70. The van der Waals surface area contributed by atoms with E-state index in [1.54, 1.807) is 0 Å². The first-order valence-corrected chi connectivity index (χ1v) is 6.09. The number of rotatable bonds is 3. The van der Waals surface area contributed by atoms with Gasteiger partial charge in [0.15, 0.2) is 0 Å². The van der Waals surface area contributed by atoms with Crippen LogP contribution in [-0.4, -0.2) is 24.8 Å². The van der Waals surface area contributed by atoms with Gasteiger partial charge in [0.25, 0.3) is 0 Å². The number of hydrogen-bond donors (Lipinski definition) is 2. The third kappa shape index (κ3) is 4.47. The Bertz CT molecular complexity index is 263. The van der Waals surface area contributed by atoms with Crippen LogP contribution in [0, 0.1) is 11.3 Å². The molecule has 1 aliphatic rings. The van der Waals surface area contributed by atoms with Crippen LogP contribution in [0.2, 0.25) is 0 Å². The maximum Gasteiger partial charge on any atom is 0.401 e. The van der Waals surface area contributed by atoms with Gasteiger partial charge in [-0.2, -0.15) is 13.2 Å². The van der Waals surface area contributed by atoms with E-state index in [9.17, 15) is 13.2 Å². The van der Waals surface area contributed by atoms with Gasteiger partial charge in [-0.05, 0) is 30.6 Å². The standard InChI is InChI=1S/C12H23F3N2/c1-9-4-10(2,3)6-11(5-9,7-16)17-8-12(13,14)15/h9,17H,4-8,16H2,1-3H3. The minimum Gasteiger partial charge on any atom is -0.329 e. The SMILES string of the molecule is CC1CC(C)(C)CC(CN)(NCC(F)(F)F)C1. The Balaban J connectivity index is 2.73. The first kappa shape index (κ1) is 14.8. The quantitative estimate of drug-likeness (QED) is 0.810. The summed E-state index contributed by atoms with van der Waals surface area (Å²) >= 11 is 0. The second-order valence-electron chi connectivity index (χ2n) is 6.31. The van der Waals surface area contributed by atoms with E-state index in [2.05, 4.69) is 26.1 Å². The van der Waals surface area contributed by atoms with Crippen LogP contribution in [0.4, 0.5) is 13.2 Å². The number of alkyl halides is 3. The van der Waals surface area contributed by atoms with E-state index >= 15 is 0 Å². The number of nitrogens with two attached hydrogens (primary N) is 1. The normalized spacial score (nSPS) is 33.7. The van der Waals surface area contributed by atoms with Crippen LogP contribution in [0.15, 0.2) is 0 Å². The summed E-state index contributed by atoms with van der Waals surface area (Å²) in [6, 6.07) is 0. The molecule has 0 radical (unpaired) electrons. The van der Waals surface area contributed by atoms with Crippen molar-refractivity contribution in [2.45, 2.75) is 51.7 Å². The van der Waals surface area contributed by atoms with Crippen LogP contribution in [-0.2, 0) is 0 Å². The smallest absolute Gasteiger partial charge is 0.329 e. The average Bonchev–Trinajstić information content (AvgIpc) is 2.10. The first-order valence-electron chi connectivity index (χ1n) is 6.09. The molecule has 2 unspecified atom stereocenters. The summed E-state index contributed by atoms with van der Waals surface area (Å²) in [5.74, 6) is 0.406. The summed E-state index contributed by atoms with van der Waals surface area (Å²) in [6.45, 7) is 5.59. The molecule has 2 nitrogen and oxygen atoms in total. The molecule has 1 fully saturated rings. The highest BCUT2D eigenvalue weighted by Crippen LogP contribution is 2.43. The third-order valence-electron chi connectivity index (χ3n) is 3.51. The zero-order valence-corrected chi connectivity index (χ0v) is 10.8. The minimum absolute atomic E-state index is 0.0512. The molecule has 102 valence electrons. The maximum absolute atomic E-state index is 12.3. The van der Waals surface area contributed by atoms with E-state index in [1.807, 2.05) is 0 Å². The highest BCUT2D eigenvalue weighted by atomic mass is 19.4. The van der Waals surface area contributed by atoms with E-state index < -0.39 is 18.3 Å². The van der Waals surface area contributed by atoms with Crippen LogP contribution in [0.3, 0.4) is 0 Å². The van der Waals surface area contributed by atoms with Crippen molar-refractivity contribution >= 4 is 0 Å². The first-order chi connectivity index (χ1) is 7.58. The molecule has 0 saturated heterocycles. The van der Waals surface area contributed by atoms with Crippen molar-refractivity contribution < 1.29 is 13.2 Å². The summed E-state index contributed by atoms with van der Waals surface area (Å²) in [5, 5.41) is 2.66. The van der Waals surface area contributed by atoms with E-state index in [0.717, 1.165) is 12.8 Å². The highest BCUT2D eigenvalue weighted by Gasteiger charge is 2.43. The highest BCUT2D eigenvalue weighted by molar-refractivity contribution is 4.99. The second-order valence-corrected chi connectivity index (χ2v) is 6.31. The Kier molecular flexibility index (Phi) is 4.14. The molecule has 0 spiro atoms. The Morgan fingerprint density at radius 1 is 1.29 bits per heavy atom. The molecule has 1 saturated carbocycles. The van der Waals surface area contributed by atoms with Gasteiger partial charge in [-0.25, -0.2) is 0 Å². The lowest BCUT2D eigenvalue weighted by Gasteiger charge is -2.48. The number of nitrogens with one attached hydrogen (secondary N) is 1. The van der Waals surface area contributed by atoms with Crippen molar-refractivity contribution in [2.24, 2.45) is 17.1 Å². The lowest BCUT2D eigenvalue weighted by molar-refractivity contribution is -0.131. The van der Waals surface area contributed by atoms with E-state index in [0.29, 0.717) is 12.3 Å². The molecule has 1 rings (SSSR count). The molecular formula is C12H23F3N2. The van der Waals surface area contributed by atoms with Crippen LogP contribution in [0.5, 0.6) is 0 Å². The lowest BCUT2D eigenvalue weighted by Crippen LogP contribution is -2.59. The van der Waals surface area contributed by atoms with Crippen LogP contribution in [0.1, 0.15) is 40.0 Å². The van der Waals surface area contributed by atoms with Gasteiger partial charge >= 0.3 is 6.18 Å². The summed E-state index contributed by atoms with van der Waals surface area (Å²) in [4.78, 5) is 0. The maximum atomic E-state index is 12.3. The van der Waals surface area contributed by atoms with E-state index in [-0.39, 0.29) is 12.0 Å². The van der Waals surface area contributed by atoms with Crippen molar-refractivity contribution in [1.82, 2.24) is 5.32 Å². The molecule has 17 heavy (non-hydrogen) atoms. The fraction of sp³-hybridized carbons (Fsp3) is 1.00. The van der Waals surface area contributed by atoms with Gasteiger partial charge in [0, 0.05) is 12.1 Å². The monoisotopic (exact) mass is 252 g/mol. The van der Waals surface area contributed by atoms with Crippen LogP contribution in [0.25, 0.3) is 0 Å². The zero-order valence-electron chi connectivity index (χ0n) is 10.8. The Morgan fingerprint density at radius 2 is 1.88 bits per heavy atom. The Labute approximate surface area is 101 Å². The predicted molar refractivity (Wildman–Crippen MR) is 62.6 cm³/mol. The lowest BCUT2D eigenvalue weighted by atomic mass is 9.64. The van der Waals surface area contributed by atoms with Gasteiger partial charge in [0.1, 0.15) is 0 Å². The largest absolute Gasteiger partial charge is 0.401 e. The fourth-order valence-corrected chi connectivity index (χ4v) is 3.39. The average molecular weight is 252 g/mol. The molecule has 0 amide bonds. The van der Waals surface area contributed by atoms with Crippen molar-refractivity contribution in [1.29, 1.82) is 0 Å². The minimum atomic E-state index is -4.17. The second kappa shape index (κ2) is 4.76. The van der Waals surface area contributed by atoms with Crippen molar-refractivity contribution in [3.63, 3.8) is 0 Å². The van der Waals surface area contributed by atoms with Crippen molar-refractivity contribution in [3.8, 4) is 0 Å². The molecule has 0 heterocycles. The molecule has 0 bridgehead atoms. The summed E-state index contributed by atoms with van der Waals surface area (Å²) in [7, 11) is 0. The molecule has 0 aromatic carbocycles. The van der Waals surface area contributed by atoms with E-state index in [4.69, 9.17) is 5.73 Å². The van der Waals surface area contributed by atoms with Crippen molar-refractivity contribution in [2.75, 3.05) is 13.1 Å². The Hall–Kier alpha value is -0.290. The molecule has 0 aromatic rings. The van der Waals surface area contributed by atoms with Gasteiger partial charge in [0.2, 0.25) is 0 Å². The molecule has 1 aliphatic carbocycles. The third-order valence-corrected chi connectivity index (χ3v) is 3.51. The van der Waals surface area contributed by atoms with Crippen molar-refractivity contribution in [3.05, 3.63) is 0 Å². The summed E-state index contributed by atoms with van der Waals surface area (Å²) in [5.41, 5.74) is 5.21. The van der Waals surface area contributed by atoms with Gasteiger partial charge < -0.3 is 11.1 Å². The molecule has 3 N–H and O–H groups in total. The zero-order chi connectivity index (χ0) is 13.3. The van der Waals surface area contributed by atoms with Gasteiger partial charge in [-0.3, -0.25) is 0 Å². The number of halogens is 3. The van der Waals surface area contributed by atoms with Gasteiger partial charge in [-0.15, -0.1) is 0 Å². The number of hydrogen-bond acceptors (Lipinski definition) is 2. The van der Waals surface area contributed by atoms with Crippen LogP contribution < -0.4 is 11.1 Å². The van der Waals surface area contributed by atoms with Crippen LogP contribution >= 0.6 is 0 Å². The van der Waals surface area contributed by atoms with Gasteiger partial charge in [0.05, 0.1) is 6.54 Å². The summed E-state index contributed by atoms with van der Waals surface area (Å²) < 4.78 is 36.9. The van der Waals surface area contributed by atoms with Gasteiger partial charge in [-0.1, -0.05) is 20.8 Å². The molecule has 0 aliphatic heterocycles.